The summed E-state index contributed by atoms with van der Waals surface area (Å²) in [6.45, 7) is 0. The molecule has 7 heteroatoms. The lowest BCUT2D eigenvalue weighted by molar-refractivity contribution is -0.0793. The highest BCUT2D eigenvalue weighted by Crippen LogP contribution is 2.40. The Morgan fingerprint density at radius 2 is 2.00 bits per heavy atom. The summed E-state index contributed by atoms with van der Waals surface area (Å²) in [5, 5.41) is 5.77. The molecule has 1 aromatic carbocycles. The van der Waals surface area contributed by atoms with Gasteiger partial charge in [-0.2, -0.15) is 0 Å². The highest BCUT2D eigenvalue weighted by molar-refractivity contribution is 6.01. The van der Waals surface area contributed by atoms with Crippen molar-refractivity contribution < 1.29 is 13.6 Å². The first kappa shape index (κ1) is 13.4. The zero-order valence-electron chi connectivity index (χ0n) is 10.5. The Hall–Kier alpha value is -2.05. The number of alkyl halides is 2. The number of hydrogen-bond acceptors (Lipinski definition) is 4. The Morgan fingerprint density at radius 3 is 2.47 bits per heavy atom. The highest BCUT2D eigenvalue weighted by Gasteiger charge is 2.45. The van der Waals surface area contributed by atoms with Gasteiger partial charge in [0.1, 0.15) is 0 Å². The predicted molar refractivity (Wildman–Crippen MR) is 70.5 cm³/mol. The summed E-state index contributed by atoms with van der Waals surface area (Å²) >= 11 is 0. The van der Waals surface area contributed by atoms with Gasteiger partial charge in [-0.25, -0.2) is 8.78 Å². The minimum Gasteiger partial charge on any atom is -0.397 e. The molecule has 0 unspecified atom stereocenters. The largest absolute Gasteiger partial charge is 0.397 e. The standard InChI is InChI=1S/C12H16F2N4O/c1-17-10-3-9(7(11(16)19)2-8(10)15)18-6-4-12(13,14)5-6/h2-3,6,17-18H,4-5,15H2,1H3,(H2,16,19). The van der Waals surface area contributed by atoms with Crippen molar-refractivity contribution in [1.82, 2.24) is 0 Å². The van der Waals surface area contributed by atoms with E-state index in [1.807, 2.05) is 0 Å². The molecule has 0 saturated heterocycles. The second kappa shape index (κ2) is 4.56. The lowest BCUT2D eigenvalue weighted by Crippen LogP contribution is -2.44. The number of nitrogens with one attached hydrogen (secondary N) is 2. The number of nitrogens with two attached hydrogens (primary N) is 2. The lowest BCUT2D eigenvalue weighted by atomic mass is 9.88. The summed E-state index contributed by atoms with van der Waals surface area (Å²) in [7, 11) is 1.68. The van der Waals surface area contributed by atoms with Crippen LogP contribution in [0, 0.1) is 0 Å². The molecule has 1 fully saturated rings. The average molecular weight is 270 g/mol. The Morgan fingerprint density at radius 1 is 1.37 bits per heavy atom. The number of anilines is 3. The SMILES string of the molecule is CNc1cc(NC2CC(F)(F)C2)c(C(N)=O)cc1N. The van der Waals surface area contributed by atoms with Crippen molar-refractivity contribution in [1.29, 1.82) is 0 Å². The Bertz CT molecular complexity index is 511. The molecule has 1 aromatic rings. The number of nitrogen functional groups attached to an aromatic ring is 1. The summed E-state index contributed by atoms with van der Waals surface area (Å²) in [6.07, 6.45) is -0.491. The smallest absolute Gasteiger partial charge is 0.252 e. The molecule has 1 amide bonds. The molecule has 6 N–H and O–H groups in total. The monoisotopic (exact) mass is 270 g/mol. The van der Waals surface area contributed by atoms with Gasteiger partial charge in [0.2, 0.25) is 0 Å². The zero-order valence-corrected chi connectivity index (χ0v) is 10.5. The molecule has 0 radical (unpaired) electrons. The molecule has 1 aliphatic carbocycles. The quantitative estimate of drug-likeness (QED) is 0.625. The Labute approximate surface area is 109 Å². The van der Waals surface area contributed by atoms with E-state index in [1.54, 1.807) is 13.1 Å². The third-order valence-corrected chi connectivity index (χ3v) is 3.17. The minimum atomic E-state index is -2.62. The number of halogens is 2. The van der Waals surface area contributed by atoms with Gasteiger partial charge in [0.15, 0.2) is 0 Å². The van der Waals surface area contributed by atoms with Crippen LogP contribution in [0.25, 0.3) is 0 Å². The molecule has 0 bridgehead atoms. The summed E-state index contributed by atoms with van der Waals surface area (Å²) in [5.74, 6) is -3.27. The fourth-order valence-electron chi connectivity index (χ4n) is 2.14. The Kier molecular flexibility index (Phi) is 3.21. The van der Waals surface area contributed by atoms with Crippen molar-refractivity contribution in [2.75, 3.05) is 23.4 Å². The van der Waals surface area contributed by atoms with Crippen LogP contribution in [0.4, 0.5) is 25.8 Å². The van der Waals surface area contributed by atoms with E-state index in [9.17, 15) is 13.6 Å². The van der Waals surface area contributed by atoms with Gasteiger partial charge >= 0.3 is 0 Å². The maximum absolute atomic E-state index is 12.8. The molecule has 0 atom stereocenters. The molecule has 0 heterocycles. The van der Waals surface area contributed by atoms with Crippen molar-refractivity contribution in [2.24, 2.45) is 5.73 Å². The van der Waals surface area contributed by atoms with Crippen LogP contribution in [0.15, 0.2) is 12.1 Å². The molecular formula is C12H16F2N4O. The van der Waals surface area contributed by atoms with Gasteiger partial charge in [-0.05, 0) is 12.1 Å². The average Bonchev–Trinajstić information content (AvgIpc) is 2.28. The molecule has 1 saturated carbocycles. The molecule has 2 rings (SSSR count). The van der Waals surface area contributed by atoms with Crippen LogP contribution in [0.2, 0.25) is 0 Å². The van der Waals surface area contributed by atoms with Crippen LogP contribution in [-0.4, -0.2) is 24.9 Å². The summed E-state index contributed by atoms with van der Waals surface area (Å²) in [4.78, 5) is 11.3. The van der Waals surface area contributed by atoms with E-state index in [0.29, 0.717) is 17.1 Å². The van der Waals surface area contributed by atoms with Crippen LogP contribution in [-0.2, 0) is 0 Å². The van der Waals surface area contributed by atoms with Gasteiger partial charge in [0, 0.05) is 31.6 Å². The summed E-state index contributed by atoms with van der Waals surface area (Å²) in [5.41, 5.74) is 12.6. The summed E-state index contributed by atoms with van der Waals surface area (Å²) in [6, 6.07) is 2.68. The third-order valence-electron chi connectivity index (χ3n) is 3.17. The van der Waals surface area contributed by atoms with Gasteiger partial charge in [-0.1, -0.05) is 0 Å². The van der Waals surface area contributed by atoms with E-state index in [2.05, 4.69) is 10.6 Å². The molecule has 0 aromatic heterocycles. The van der Waals surface area contributed by atoms with Crippen molar-refractivity contribution in [3.8, 4) is 0 Å². The zero-order chi connectivity index (χ0) is 14.2. The Balaban J connectivity index is 2.25. The fraction of sp³-hybridized carbons (Fsp3) is 0.417. The number of carbonyl (C=O) groups is 1. The third kappa shape index (κ3) is 2.69. The van der Waals surface area contributed by atoms with Gasteiger partial charge < -0.3 is 22.1 Å². The van der Waals surface area contributed by atoms with Crippen LogP contribution < -0.4 is 22.1 Å². The van der Waals surface area contributed by atoms with Crippen LogP contribution in [0.3, 0.4) is 0 Å². The number of rotatable bonds is 4. The first-order chi connectivity index (χ1) is 8.82. The molecule has 19 heavy (non-hydrogen) atoms. The number of benzene rings is 1. The van der Waals surface area contributed by atoms with Gasteiger partial charge in [-0.15, -0.1) is 0 Å². The molecule has 5 nitrogen and oxygen atoms in total. The van der Waals surface area contributed by atoms with Crippen molar-refractivity contribution in [3.63, 3.8) is 0 Å². The first-order valence-corrected chi connectivity index (χ1v) is 5.88. The normalized spacial score (nSPS) is 17.6. The van der Waals surface area contributed by atoms with E-state index >= 15 is 0 Å². The van der Waals surface area contributed by atoms with Crippen molar-refractivity contribution in [2.45, 2.75) is 24.8 Å². The second-order valence-electron chi connectivity index (χ2n) is 4.70. The molecule has 1 aliphatic rings. The highest BCUT2D eigenvalue weighted by atomic mass is 19.3. The summed E-state index contributed by atoms with van der Waals surface area (Å²) < 4.78 is 25.6. The van der Waals surface area contributed by atoms with E-state index < -0.39 is 11.8 Å². The number of primary amides is 1. The molecule has 0 spiro atoms. The number of amides is 1. The van der Waals surface area contributed by atoms with Crippen molar-refractivity contribution in [3.05, 3.63) is 17.7 Å². The number of carbonyl (C=O) groups excluding carboxylic acids is 1. The maximum atomic E-state index is 12.8. The van der Waals surface area contributed by atoms with Crippen LogP contribution >= 0.6 is 0 Å². The minimum absolute atomic E-state index is 0.201. The van der Waals surface area contributed by atoms with Gasteiger partial charge in [-0.3, -0.25) is 4.79 Å². The molecule has 0 aliphatic heterocycles. The van der Waals surface area contributed by atoms with E-state index in [0.717, 1.165) is 0 Å². The lowest BCUT2D eigenvalue weighted by Gasteiger charge is -2.36. The van der Waals surface area contributed by atoms with Crippen LogP contribution in [0.5, 0.6) is 0 Å². The topological polar surface area (TPSA) is 93.2 Å². The first-order valence-electron chi connectivity index (χ1n) is 5.88. The number of hydrogen-bond donors (Lipinski definition) is 4. The molecular weight excluding hydrogens is 254 g/mol. The predicted octanol–water partition coefficient (Wildman–Crippen LogP) is 1.62. The van der Waals surface area contributed by atoms with E-state index in [-0.39, 0.29) is 24.4 Å². The maximum Gasteiger partial charge on any atom is 0.252 e. The van der Waals surface area contributed by atoms with Crippen molar-refractivity contribution >= 4 is 23.0 Å². The van der Waals surface area contributed by atoms with Gasteiger partial charge in [0.05, 0.1) is 16.9 Å². The van der Waals surface area contributed by atoms with Gasteiger partial charge in [0.25, 0.3) is 11.8 Å². The second-order valence-corrected chi connectivity index (χ2v) is 4.70. The van der Waals surface area contributed by atoms with E-state index in [1.165, 1.54) is 6.07 Å². The van der Waals surface area contributed by atoms with Crippen LogP contribution in [0.1, 0.15) is 23.2 Å². The fourth-order valence-corrected chi connectivity index (χ4v) is 2.14. The van der Waals surface area contributed by atoms with E-state index in [4.69, 9.17) is 11.5 Å². The molecule has 104 valence electrons.